The lowest BCUT2D eigenvalue weighted by molar-refractivity contribution is -0.0470. The zero-order chi connectivity index (χ0) is 34.0. The summed E-state index contributed by atoms with van der Waals surface area (Å²) in [6, 6.07) is 21.4. The van der Waals surface area contributed by atoms with Crippen molar-refractivity contribution in [3.05, 3.63) is 127 Å². The van der Waals surface area contributed by atoms with Gasteiger partial charge < -0.3 is 15.2 Å². The first-order valence-electron chi connectivity index (χ1n) is 15.5. The second-order valence-corrected chi connectivity index (χ2v) is 13.8. The molecule has 12 heteroatoms. The summed E-state index contributed by atoms with van der Waals surface area (Å²) in [5.74, 6) is -1.15. The molecule has 0 saturated carbocycles. The molecule has 2 aliphatic rings. The predicted octanol–water partition coefficient (Wildman–Crippen LogP) is 9.21. The molecule has 2 aliphatic heterocycles. The van der Waals surface area contributed by atoms with E-state index in [-0.39, 0.29) is 29.8 Å². The number of likely N-dealkylation sites (tertiary alicyclic amines) is 1. The normalized spacial score (nSPS) is 16.8. The van der Waals surface area contributed by atoms with Crippen molar-refractivity contribution in [3.8, 4) is 5.75 Å². The van der Waals surface area contributed by atoms with Crippen molar-refractivity contribution in [3.63, 3.8) is 0 Å². The Balaban J connectivity index is 1.30. The van der Waals surface area contributed by atoms with Gasteiger partial charge in [0.05, 0.1) is 21.3 Å². The number of carbonyl (C=O) groups excluding carboxylic acids is 2. The van der Waals surface area contributed by atoms with E-state index < -0.39 is 23.4 Å². The Morgan fingerprint density at radius 3 is 2.46 bits per heavy atom. The highest BCUT2D eigenvalue weighted by Gasteiger charge is 2.45. The molecule has 7 nitrogen and oxygen atoms in total. The van der Waals surface area contributed by atoms with Crippen LogP contribution in [0.2, 0.25) is 20.1 Å². The van der Waals surface area contributed by atoms with Gasteiger partial charge in [0.1, 0.15) is 17.2 Å². The highest BCUT2D eigenvalue weighted by molar-refractivity contribution is 6.42. The number of phenolic OH excluding ortho intramolecular Hbond substituents is 1. The maximum atomic E-state index is 14.4. The number of nitrogens with zero attached hydrogens (tertiary/aromatic N) is 1. The third-order valence-electron chi connectivity index (χ3n) is 9.22. The fourth-order valence-electron chi connectivity index (χ4n) is 6.70. The number of hydrogen-bond acceptors (Lipinski definition) is 5. The third kappa shape index (κ3) is 7.53. The molecule has 0 radical (unpaired) electrons. The summed E-state index contributed by atoms with van der Waals surface area (Å²) in [4.78, 5) is 28.1. The van der Waals surface area contributed by atoms with Crippen LogP contribution in [0.15, 0.2) is 78.9 Å². The number of benzene rings is 4. The maximum absolute atomic E-state index is 14.4. The molecule has 2 amide bonds. The SMILES string of the molecule is O=C1Nc2ccc(F)cc2C2(CCN(C(Cc3ccc(Cl)cc3Cl)CC(CNC(=O)c3ccccc3O)c3ccc(Cl)c(Cl)c3)CC2)O1. The molecule has 3 N–H and O–H groups in total. The molecule has 2 atom stereocenters. The number of para-hydroxylation sites is 1. The van der Waals surface area contributed by atoms with E-state index in [0.717, 1.165) is 11.1 Å². The molecule has 1 fully saturated rings. The van der Waals surface area contributed by atoms with Crippen LogP contribution in [0, 0.1) is 5.82 Å². The molecular weight excluding hydrogens is 699 g/mol. The first-order valence-corrected chi connectivity index (χ1v) is 17.0. The minimum Gasteiger partial charge on any atom is -0.507 e. The first-order chi connectivity index (χ1) is 23.0. The summed E-state index contributed by atoms with van der Waals surface area (Å²) >= 11 is 25.6. The predicted molar refractivity (Wildman–Crippen MR) is 187 cm³/mol. The summed E-state index contributed by atoms with van der Waals surface area (Å²) in [5.41, 5.74) is 2.15. The second-order valence-electron chi connectivity index (χ2n) is 12.2. The second kappa shape index (κ2) is 14.5. The van der Waals surface area contributed by atoms with Crippen LogP contribution in [0.1, 0.15) is 52.2 Å². The number of hydrogen-bond donors (Lipinski definition) is 3. The largest absolute Gasteiger partial charge is 0.507 e. The molecule has 2 heterocycles. The molecule has 48 heavy (non-hydrogen) atoms. The van der Waals surface area contributed by atoms with Crippen molar-refractivity contribution in [2.24, 2.45) is 0 Å². The highest BCUT2D eigenvalue weighted by Crippen LogP contribution is 2.45. The van der Waals surface area contributed by atoms with E-state index in [2.05, 4.69) is 15.5 Å². The van der Waals surface area contributed by atoms with Gasteiger partial charge in [-0.2, -0.15) is 0 Å². The Bertz CT molecular complexity index is 1850. The van der Waals surface area contributed by atoms with E-state index in [4.69, 9.17) is 51.1 Å². The topological polar surface area (TPSA) is 90.9 Å². The Labute approximate surface area is 297 Å². The van der Waals surface area contributed by atoms with Crippen LogP contribution in [-0.4, -0.2) is 47.7 Å². The van der Waals surface area contributed by atoms with Crippen molar-refractivity contribution in [2.75, 3.05) is 25.0 Å². The van der Waals surface area contributed by atoms with E-state index in [1.165, 1.54) is 18.2 Å². The molecule has 250 valence electrons. The summed E-state index contributed by atoms with van der Waals surface area (Å²) < 4.78 is 20.3. The van der Waals surface area contributed by atoms with Crippen LogP contribution >= 0.6 is 46.4 Å². The molecule has 0 aromatic heterocycles. The van der Waals surface area contributed by atoms with Gasteiger partial charge in [-0.15, -0.1) is 0 Å². The average Bonchev–Trinajstić information content (AvgIpc) is 3.06. The number of ether oxygens (including phenoxy) is 1. The van der Waals surface area contributed by atoms with E-state index in [1.54, 1.807) is 48.5 Å². The lowest BCUT2D eigenvalue weighted by Crippen LogP contribution is -2.51. The summed E-state index contributed by atoms with van der Waals surface area (Å²) in [6.45, 7) is 1.32. The number of fused-ring (bicyclic) bond motifs is 2. The van der Waals surface area contributed by atoms with Gasteiger partial charge in [0.25, 0.3) is 5.91 Å². The molecule has 1 spiro atoms. The van der Waals surface area contributed by atoms with Gasteiger partial charge in [0.15, 0.2) is 0 Å². The molecule has 4 aromatic rings. The van der Waals surface area contributed by atoms with Crippen LogP contribution in [0.5, 0.6) is 5.75 Å². The number of piperidine rings is 1. The Kier molecular flexibility index (Phi) is 10.4. The van der Waals surface area contributed by atoms with Crippen molar-refractivity contribution >= 4 is 64.1 Å². The van der Waals surface area contributed by atoms with E-state index in [9.17, 15) is 19.1 Å². The quantitative estimate of drug-likeness (QED) is 0.160. The van der Waals surface area contributed by atoms with E-state index in [0.29, 0.717) is 70.1 Å². The number of aromatic hydroxyl groups is 1. The highest BCUT2D eigenvalue weighted by atomic mass is 35.5. The maximum Gasteiger partial charge on any atom is 0.412 e. The molecule has 6 rings (SSSR count). The van der Waals surface area contributed by atoms with Gasteiger partial charge in [-0.05, 0) is 78.6 Å². The van der Waals surface area contributed by atoms with Crippen LogP contribution in [-0.2, 0) is 16.8 Å². The van der Waals surface area contributed by atoms with Crippen molar-refractivity contribution < 1.29 is 23.8 Å². The molecule has 1 saturated heterocycles. The lowest BCUT2D eigenvalue weighted by Gasteiger charge is -2.46. The zero-order valence-corrected chi connectivity index (χ0v) is 28.6. The molecule has 0 bridgehead atoms. The number of rotatable bonds is 9. The lowest BCUT2D eigenvalue weighted by atomic mass is 9.80. The van der Waals surface area contributed by atoms with Gasteiger partial charge in [-0.1, -0.05) is 70.7 Å². The smallest absolute Gasteiger partial charge is 0.412 e. The van der Waals surface area contributed by atoms with Crippen molar-refractivity contribution in [1.82, 2.24) is 10.2 Å². The minimum atomic E-state index is -0.965. The van der Waals surface area contributed by atoms with Crippen molar-refractivity contribution in [1.29, 1.82) is 0 Å². The van der Waals surface area contributed by atoms with Crippen LogP contribution in [0.25, 0.3) is 0 Å². The van der Waals surface area contributed by atoms with Gasteiger partial charge in [0, 0.05) is 60.0 Å². The Hall–Kier alpha value is -3.53. The molecule has 0 aliphatic carbocycles. The summed E-state index contributed by atoms with van der Waals surface area (Å²) in [5, 5.41) is 17.8. The Morgan fingerprint density at radius 2 is 1.73 bits per heavy atom. The average molecular weight is 731 g/mol. The molecule has 4 aromatic carbocycles. The monoisotopic (exact) mass is 729 g/mol. The number of phenols is 1. The molecular formula is C36H32Cl4FN3O4. The standard InChI is InChI=1S/C36H32Cl4FN3O4/c37-24-7-5-22(30(39)18-24)15-26(44-13-11-36(12-14-44)28-19-25(41)8-10-32(28)43-35(47)48-36)16-23(21-6-9-29(38)31(40)17-21)20-42-34(46)27-3-1-2-4-33(27)45/h1-10,17-19,23,26,45H,11-16,20H2,(H,42,46)(H,43,47). The van der Waals surface area contributed by atoms with Gasteiger partial charge in [0.2, 0.25) is 0 Å². The van der Waals surface area contributed by atoms with E-state index >= 15 is 0 Å². The Morgan fingerprint density at radius 1 is 0.958 bits per heavy atom. The summed E-state index contributed by atoms with van der Waals surface area (Å²) in [6.07, 6.45) is 1.46. The van der Waals surface area contributed by atoms with Crippen LogP contribution < -0.4 is 10.6 Å². The number of anilines is 1. The number of amides is 2. The van der Waals surface area contributed by atoms with Gasteiger partial charge >= 0.3 is 6.09 Å². The first kappa shape index (κ1) is 34.3. The fraction of sp³-hybridized carbons (Fsp3) is 0.278. The van der Waals surface area contributed by atoms with Gasteiger partial charge in [-0.25, -0.2) is 9.18 Å². The van der Waals surface area contributed by atoms with E-state index in [1.807, 2.05) is 12.1 Å². The third-order valence-corrected chi connectivity index (χ3v) is 10.5. The fourth-order valence-corrected chi connectivity index (χ4v) is 7.50. The number of carbonyl (C=O) groups is 2. The minimum absolute atomic E-state index is 0.105. The zero-order valence-electron chi connectivity index (χ0n) is 25.6. The number of halogens is 5. The molecule has 2 unspecified atom stereocenters. The van der Waals surface area contributed by atoms with Crippen molar-refractivity contribution in [2.45, 2.75) is 43.2 Å². The van der Waals surface area contributed by atoms with Gasteiger partial charge in [-0.3, -0.25) is 15.0 Å². The van der Waals surface area contributed by atoms with Crippen LogP contribution in [0.4, 0.5) is 14.9 Å². The number of nitrogens with one attached hydrogen (secondary N) is 2. The van der Waals surface area contributed by atoms with Crippen LogP contribution in [0.3, 0.4) is 0 Å². The summed E-state index contributed by atoms with van der Waals surface area (Å²) in [7, 11) is 0.